The van der Waals surface area contributed by atoms with E-state index < -0.39 is 49.1 Å². The standard InChI is InChI=1S/C16H19NO7/c1-2-23-16-11(13(20)12(19)10(7-18)24-16)17-14(21)8-5-3-4-6-9(8)15(17)22/h3-6,10-13,16,18-20H,2,7H2,1H3/t10-,11-,12-,13-,16-/m1/s1. The molecule has 5 atom stereocenters. The van der Waals surface area contributed by atoms with Crippen molar-refractivity contribution in [1.82, 2.24) is 4.90 Å². The number of amides is 2. The number of aliphatic hydroxyl groups excluding tert-OH is 3. The Morgan fingerprint density at radius 3 is 2.21 bits per heavy atom. The summed E-state index contributed by atoms with van der Waals surface area (Å²) in [6.07, 6.45) is -5.17. The first-order chi connectivity index (χ1) is 11.5. The molecule has 0 spiro atoms. The second-order valence-electron chi connectivity index (χ2n) is 5.68. The van der Waals surface area contributed by atoms with Gasteiger partial charge in [-0.25, -0.2) is 0 Å². The molecule has 2 heterocycles. The minimum Gasteiger partial charge on any atom is -0.394 e. The van der Waals surface area contributed by atoms with Gasteiger partial charge in [-0.3, -0.25) is 14.5 Å². The van der Waals surface area contributed by atoms with E-state index in [-0.39, 0.29) is 17.7 Å². The molecule has 0 aromatic heterocycles. The van der Waals surface area contributed by atoms with E-state index in [2.05, 4.69) is 0 Å². The highest BCUT2D eigenvalue weighted by Crippen LogP contribution is 2.32. The maximum atomic E-state index is 12.6. The highest BCUT2D eigenvalue weighted by atomic mass is 16.7. The third-order valence-electron chi connectivity index (χ3n) is 4.30. The number of nitrogens with zero attached hydrogens (tertiary/aromatic N) is 1. The van der Waals surface area contributed by atoms with Crippen LogP contribution in [0, 0.1) is 0 Å². The molecular formula is C16H19NO7. The molecule has 3 rings (SSSR count). The lowest BCUT2D eigenvalue weighted by molar-refractivity contribution is -0.278. The van der Waals surface area contributed by atoms with E-state index in [1.165, 1.54) is 12.1 Å². The number of benzene rings is 1. The molecule has 0 aliphatic carbocycles. The molecular weight excluding hydrogens is 318 g/mol. The molecule has 0 unspecified atom stereocenters. The zero-order valence-corrected chi connectivity index (χ0v) is 13.0. The van der Waals surface area contributed by atoms with Crippen LogP contribution in [0.5, 0.6) is 0 Å². The molecule has 1 aromatic carbocycles. The summed E-state index contributed by atoms with van der Waals surface area (Å²) in [6, 6.07) is 5.11. The number of imide groups is 1. The largest absolute Gasteiger partial charge is 0.394 e. The molecule has 1 fully saturated rings. The molecule has 8 heteroatoms. The lowest BCUT2D eigenvalue weighted by Crippen LogP contribution is -2.65. The fourth-order valence-electron chi connectivity index (χ4n) is 3.12. The number of fused-ring (bicyclic) bond motifs is 1. The van der Waals surface area contributed by atoms with Crippen LogP contribution >= 0.6 is 0 Å². The topological polar surface area (TPSA) is 117 Å². The van der Waals surface area contributed by atoms with Crippen molar-refractivity contribution in [3.05, 3.63) is 35.4 Å². The number of ether oxygens (including phenoxy) is 2. The molecule has 2 amide bonds. The predicted octanol–water partition coefficient (Wildman–Crippen LogP) is -0.873. The first-order valence-electron chi connectivity index (χ1n) is 7.72. The van der Waals surface area contributed by atoms with Gasteiger partial charge in [0.1, 0.15) is 24.4 Å². The molecule has 0 radical (unpaired) electrons. The fraction of sp³-hybridized carbons (Fsp3) is 0.500. The van der Waals surface area contributed by atoms with Gasteiger partial charge in [-0.15, -0.1) is 0 Å². The summed E-state index contributed by atoms with van der Waals surface area (Å²) in [5.41, 5.74) is 0.451. The van der Waals surface area contributed by atoms with Crippen molar-refractivity contribution in [2.75, 3.05) is 13.2 Å². The van der Waals surface area contributed by atoms with Gasteiger partial charge >= 0.3 is 0 Å². The number of aliphatic hydroxyl groups is 3. The SMILES string of the molecule is CCO[C@@H]1O[C@H](CO)[C@@H](O)[C@H](O)[C@H]1N1C(=O)c2ccccc2C1=O. The van der Waals surface area contributed by atoms with Gasteiger partial charge in [0.15, 0.2) is 6.29 Å². The summed E-state index contributed by atoms with van der Waals surface area (Å²) >= 11 is 0. The van der Waals surface area contributed by atoms with Crippen LogP contribution in [0.3, 0.4) is 0 Å². The Hall–Kier alpha value is -1.84. The summed E-state index contributed by atoms with van der Waals surface area (Å²) in [5.74, 6) is -1.16. The Balaban J connectivity index is 1.97. The van der Waals surface area contributed by atoms with Gasteiger partial charge in [0.2, 0.25) is 0 Å². The van der Waals surface area contributed by atoms with Crippen molar-refractivity contribution in [2.45, 2.75) is 37.6 Å². The summed E-state index contributed by atoms with van der Waals surface area (Å²) in [6.45, 7) is 1.36. The average molecular weight is 337 g/mol. The van der Waals surface area contributed by atoms with E-state index in [1.54, 1.807) is 19.1 Å². The first kappa shape index (κ1) is 17.0. The van der Waals surface area contributed by atoms with E-state index in [0.29, 0.717) is 0 Å². The first-order valence-corrected chi connectivity index (χ1v) is 7.72. The predicted molar refractivity (Wildman–Crippen MR) is 80.1 cm³/mol. The number of hydrogen-bond acceptors (Lipinski definition) is 7. The van der Waals surface area contributed by atoms with Gasteiger partial charge in [0, 0.05) is 6.61 Å². The second-order valence-corrected chi connectivity index (χ2v) is 5.68. The molecule has 2 aliphatic heterocycles. The van der Waals surface area contributed by atoms with Gasteiger partial charge in [-0.05, 0) is 19.1 Å². The van der Waals surface area contributed by atoms with Crippen LogP contribution in [-0.2, 0) is 9.47 Å². The summed E-state index contributed by atoms with van der Waals surface area (Å²) in [5, 5.41) is 29.8. The smallest absolute Gasteiger partial charge is 0.262 e. The maximum Gasteiger partial charge on any atom is 0.262 e. The fourth-order valence-corrected chi connectivity index (χ4v) is 3.12. The minimum atomic E-state index is -1.50. The molecule has 0 saturated carbocycles. The molecule has 1 aromatic rings. The number of carbonyl (C=O) groups excluding carboxylic acids is 2. The summed E-state index contributed by atoms with van der Waals surface area (Å²) in [4.78, 5) is 26.1. The van der Waals surface area contributed by atoms with Crippen LogP contribution in [0.2, 0.25) is 0 Å². The van der Waals surface area contributed by atoms with Gasteiger partial charge in [-0.2, -0.15) is 0 Å². The van der Waals surface area contributed by atoms with Gasteiger partial charge in [-0.1, -0.05) is 12.1 Å². The summed E-state index contributed by atoms with van der Waals surface area (Å²) < 4.78 is 10.9. The van der Waals surface area contributed by atoms with E-state index in [9.17, 15) is 24.9 Å². The van der Waals surface area contributed by atoms with Gasteiger partial charge < -0.3 is 24.8 Å². The molecule has 1 saturated heterocycles. The molecule has 3 N–H and O–H groups in total. The van der Waals surface area contributed by atoms with Crippen molar-refractivity contribution in [1.29, 1.82) is 0 Å². The van der Waals surface area contributed by atoms with E-state index in [0.717, 1.165) is 4.90 Å². The lowest BCUT2D eigenvalue weighted by Gasteiger charge is -2.44. The highest BCUT2D eigenvalue weighted by molar-refractivity contribution is 6.21. The summed E-state index contributed by atoms with van der Waals surface area (Å²) in [7, 11) is 0. The molecule has 2 aliphatic rings. The number of rotatable bonds is 4. The third kappa shape index (κ3) is 2.52. The second kappa shape index (κ2) is 6.58. The Labute approximate surface area is 138 Å². The van der Waals surface area contributed by atoms with Crippen molar-refractivity contribution < 1.29 is 34.4 Å². The van der Waals surface area contributed by atoms with Crippen LogP contribution in [0.4, 0.5) is 0 Å². The van der Waals surface area contributed by atoms with Crippen molar-refractivity contribution in [2.24, 2.45) is 0 Å². The van der Waals surface area contributed by atoms with Crippen LogP contribution in [0.1, 0.15) is 27.6 Å². The minimum absolute atomic E-state index is 0.200. The molecule has 8 nitrogen and oxygen atoms in total. The molecule has 24 heavy (non-hydrogen) atoms. The van der Waals surface area contributed by atoms with Crippen LogP contribution in [0.25, 0.3) is 0 Å². The van der Waals surface area contributed by atoms with Crippen LogP contribution in [-0.4, -0.2) is 75.9 Å². The quantitative estimate of drug-likeness (QED) is 0.611. The molecule has 0 bridgehead atoms. The van der Waals surface area contributed by atoms with Crippen molar-refractivity contribution in [3.8, 4) is 0 Å². The molecule has 130 valence electrons. The third-order valence-corrected chi connectivity index (χ3v) is 4.30. The van der Waals surface area contributed by atoms with Crippen molar-refractivity contribution in [3.63, 3.8) is 0 Å². The van der Waals surface area contributed by atoms with Crippen LogP contribution < -0.4 is 0 Å². The number of hydrogen-bond donors (Lipinski definition) is 3. The normalized spacial score (nSPS) is 33.0. The Kier molecular flexibility index (Phi) is 4.66. The Bertz CT molecular complexity index is 614. The maximum absolute atomic E-state index is 12.6. The van der Waals surface area contributed by atoms with Gasteiger partial charge in [0.25, 0.3) is 11.8 Å². The zero-order chi connectivity index (χ0) is 17.4. The Morgan fingerprint density at radius 1 is 1.12 bits per heavy atom. The van der Waals surface area contributed by atoms with E-state index in [1.807, 2.05) is 0 Å². The highest BCUT2D eigenvalue weighted by Gasteiger charge is 2.53. The monoisotopic (exact) mass is 337 g/mol. The van der Waals surface area contributed by atoms with Crippen molar-refractivity contribution >= 4 is 11.8 Å². The Morgan fingerprint density at radius 2 is 1.71 bits per heavy atom. The average Bonchev–Trinajstić information content (AvgIpc) is 2.83. The van der Waals surface area contributed by atoms with Crippen LogP contribution in [0.15, 0.2) is 24.3 Å². The lowest BCUT2D eigenvalue weighted by atomic mass is 9.95. The van der Waals surface area contributed by atoms with E-state index >= 15 is 0 Å². The number of carbonyl (C=O) groups is 2. The van der Waals surface area contributed by atoms with Gasteiger partial charge in [0.05, 0.1) is 17.7 Å². The zero-order valence-electron chi connectivity index (χ0n) is 13.0. The van der Waals surface area contributed by atoms with E-state index in [4.69, 9.17) is 9.47 Å².